The highest BCUT2D eigenvalue weighted by atomic mass is 32.2. The first kappa shape index (κ1) is 16.0. The van der Waals surface area contributed by atoms with Gasteiger partial charge in [-0.05, 0) is 5.56 Å². The molecule has 1 aromatic rings. The number of aliphatic carboxylic acids is 1. The molecule has 0 amide bonds. The van der Waals surface area contributed by atoms with Crippen LogP contribution in [-0.4, -0.2) is 40.4 Å². The van der Waals surface area contributed by atoms with Gasteiger partial charge in [0.1, 0.15) is 0 Å². The average Bonchev–Trinajstić information content (AvgIpc) is 2.39. The Balaban J connectivity index is 2.08. The van der Waals surface area contributed by atoms with Gasteiger partial charge in [0.15, 0.2) is 0 Å². The molecule has 0 spiro atoms. The highest BCUT2D eigenvalue weighted by Gasteiger charge is 2.12. The van der Waals surface area contributed by atoms with Crippen LogP contribution < -0.4 is 0 Å². The lowest BCUT2D eigenvalue weighted by molar-refractivity contribution is -0.140. The van der Waals surface area contributed by atoms with E-state index in [4.69, 9.17) is 9.84 Å². The number of aliphatic hydroxyl groups excluding tert-OH is 1. The lowest BCUT2D eigenvalue weighted by Crippen LogP contribution is -2.20. The Kier molecular flexibility index (Phi) is 7.55. The number of hydrogen-bond acceptors (Lipinski definition) is 4. The summed E-state index contributed by atoms with van der Waals surface area (Å²) in [6.45, 7) is 2.41. The summed E-state index contributed by atoms with van der Waals surface area (Å²) in [5.74, 6) is -0.193. The van der Waals surface area contributed by atoms with Crippen LogP contribution in [0.4, 0.5) is 0 Å². The van der Waals surface area contributed by atoms with Crippen molar-refractivity contribution in [3.05, 3.63) is 35.9 Å². The standard InChI is InChI=1S/C14H20O4S/c1-11(14(16)17)9-19-10-13(15)8-18-7-12-5-3-2-4-6-12/h2-6,11,13,15H,7-10H2,1H3,(H,16,17). The van der Waals surface area contributed by atoms with E-state index in [9.17, 15) is 9.90 Å². The van der Waals surface area contributed by atoms with Crippen molar-refractivity contribution in [1.29, 1.82) is 0 Å². The van der Waals surface area contributed by atoms with Crippen molar-refractivity contribution in [2.24, 2.45) is 5.92 Å². The maximum atomic E-state index is 10.6. The van der Waals surface area contributed by atoms with E-state index < -0.39 is 12.1 Å². The molecule has 0 aromatic heterocycles. The first-order valence-corrected chi connectivity index (χ1v) is 7.35. The van der Waals surface area contributed by atoms with E-state index in [2.05, 4.69) is 0 Å². The zero-order valence-electron chi connectivity index (χ0n) is 11.0. The van der Waals surface area contributed by atoms with E-state index in [1.54, 1.807) is 6.92 Å². The number of ether oxygens (including phenoxy) is 1. The largest absolute Gasteiger partial charge is 0.481 e. The molecule has 0 radical (unpaired) electrons. The van der Waals surface area contributed by atoms with Crippen LogP contribution >= 0.6 is 11.8 Å². The zero-order chi connectivity index (χ0) is 14.1. The molecule has 19 heavy (non-hydrogen) atoms. The number of carbonyl (C=O) groups is 1. The van der Waals surface area contributed by atoms with Gasteiger partial charge in [-0.25, -0.2) is 0 Å². The van der Waals surface area contributed by atoms with E-state index >= 15 is 0 Å². The monoisotopic (exact) mass is 284 g/mol. The lowest BCUT2D eigenvalue weighted by Gasteiger charge is -2.12. The van der Waals surface area contributed by atoms with E-state index in [0.29, 0.717) is 18.1 Å². The number of thioether (sulfide) groups is 1. The van der Waals surface area contributed by atoms with Crippen molar-refractivity contribution >= 4 is 17.7 Å². The van der Waals surface area contributed by atoms with E-state index in [1.807, 2.05) is 30.3 Å². The molecule has 4 nitrogen and oxygen atoms in total. The van der Waals surface area contributed by atoms with Crippen molar-refractivity contribution in [1.82, 2.24) is 0 Å². The smallest absolute Gasteiger partial charge is 0.307 e. The minimum atomic E-state index is -0.803. The van der Waals surface area contributed by atoms with Crippen LogP contribution in [0.25, 0.3) is 0 Å². The van der Waals surface area contributed by atoms with Crippen LogP contribution in [0, 0.1) is 5.92 Å². The van der Waals surface area contributed by atoms with Gasteiger partial charge < -0.3 is 14.9 Å². The predicted octanol–water partition coefficient (Wildman–Crippen LogP) is 2.02. The third-order valence-electron chi connectivity index (χ3n) is 2.52. The molecule has 0 heterocycles. The van der Waals surface area contributed by atoms with Crippen LogP contribution in [0.3, 0.4) is 0 Å². The van der Waals surface area contributed by atoms with Gasteiger partial charge in [0, 0.05) is 11.5 Å². The summed E-state index contributed by atoms with van der Waals surface area (Å²) < 4.78 is 5.41. The summed E-state index contributed by atoms with van der Waals surface area (Å²) >= 11 is 1.43. The summed E-state index contributed by atoms with van der Waals surface area (Å²) in [7, 11) is 0. The topological polar surface area (TPSA) is 66.8 Å². The molecule has 0 bridgehead atoms. The number of rotatable bonds is 9. The number of benzene rings is 1. The van der Waals surface area contributed by atoms with Gasteiger partial charge in [-0.3, -0.25) is 4.79 Å². The van der Waals surface area contributed by atoms with Crippen molar-refractivity contribution in [2.45, 2.75) is 19.6 Å². The summed E-state index contributed by atoms with van der Waals surface area (Å²) in [5, 5.41) is 18.4. The molecule has 2 N–H and O–H groups in total. The molecule has 0 aliphatic carbocycles. The van der Waals surface area contributed by atoms with Crippen molar-refractivity contribution < 1.29 is 19.7 Å². The minimum Gasteiger partial charge on any atom is -0.481 e. The molecular weight excluding hydrogens is 264 g/mol. The van der Waals surface area contributed by atoms with Gasteiger partial charge in [-0.2, -0.15) is 11.8 Å². The van der Waals surface area contributed by atoms with Gasteiger partial charge in [-0.1, -0.05) is 37.3 Å². The third kappa shape index (κ3) is 7.20. The first-order valence-electron chi connectivity index (χ1n) is 6.20. The van der Waals surface area contributed by atoms with Crippen LogP contribution in [0.5, 0.6) is 0 Å². The molecular formula is C14H20O4S. The SMILES string of the molecule is CC(CSCC(O)COCc1ccccc1)C(=O)O. The fraction of sp³-hybridized carbons (Fsp3) is 0.500. The normalized spacial score (nSPS) is 14.0. The maximum absolute atomic E-state index is 10.6. The molecule has 2 atom stereocenters. The quantitative estimate of drug-likeness (QED) is 0.726. The molecule has 106 valence electrons. The predicted molar refractivity (Wildman–Crippen MR) is 76.2 cm³/mol. The fourth-order valence-electron chi connectivity index (χ4n) is 1.39. The zero-order valence-corrected chi connectivity index (χ0v) is 11.8. The second-order valence-electron chi connectivity index (χ2n) is 4.43. The summed E-state index contributed by atoms with van der Waals surface area (Å²) in [5.41, 5.74) is 1.07. The van der Waals surface area contributed by atoms with Crippen molar-refractivity contribution in [2.75, 3.05) is 18.1 Å². The molecule has 0 saturated heterocycles. The summed E-state index contributed by atoms with van der Waals surface area (Å²) in [4.78, 5) is 10.6. The van der Waals surface area contributed by atoms with Gasteiger partial charge in [0.2, 0.25) is 0 Å². The second kappa shape index (κ2) is 8.96. The summed E-state index contributed by atoms with van der Waals surface area (Å²) in [6.07, 6.45) is -0.560. The van der Waals surface area contributed by atoms with Crippen LogP contribution in [-0.2, 0) is 16.1 Å². The molecule has 2 unspecified atom stereocenters. The average molecular weight is 284 g/mol. The lowest BCUT2D eigenvalue weighted by atomic mass is 10.2. The number of carboxylic acids is 1. The minimum absolute atomic E-state index is 0.267. The molecule has 5 heteroatoms. The van der Waals surface area contributed by atoms with Gasteiger partial charge in [-0.15, -0.1) is 0 Å². The second-order valence-corrected chi connectivity index (χ2v) is 5.51. The fourth-order valence-corrected chi connectivity index (χ4v) is 2.39. The number of aliphatic hydroxyl groups is 1. The highest BCUT2D eigenvalue weighted by Crippen LogP contribution is 2.10. The van der Waals surface area contributed by atoms with E-state index in [-0.39, 0.29) is 12.5 Å². The molecule has 0 saturated carbocycles. The Morgan fingerprint density at radius 1 is 1.32 bits per heavy atom. The number of hydrogen-bond donors (Lipinski definition) is 2. The maximum Gasteiger partial charge on any atom is 0.307 e. The molecule has 0 fully saturated rings. The van der Waals surface area contributed by atoms with Crippen LogP contribution in [0.2, 0.25) is 0 Å². The van der Waals surface area contributed by atoms with Crippen LogP contribution in [0.1, 0.15) is 12.5 Å². The Morgan fingerprint density at radius 3 is 2.63 bits per heavy atom. The number of carboxylic acid groups (broad SMARTS) is 1. The first-order chi connectivity index (χ1) is 9.09. The van der Waals surface area contributed by atoms with Crippen molar-refractivity contribution in [3.63, 3.8) is 0 Å². The van der Waals surface area contributed by atoms with Gasteiger partial charge in [0.25, 0.3) is 0 Å². The molecule has 0 aliphatic rings. The van der Waals surface area contributed by atoms with E-state index in [0.717, 1.165) is 5.56 Å². The third-order valence-corrected chi connectivity index (χ3v) is 3.88. The molecule has 0 aliphatic heterocycles. The summed E-state index contributed by atoms with van der Waals surface area (Å²) in [6, 6.07) is 9.76. The van der Waals surface area contributed by atoms with Gasteiger partial charge in [0.05, 0.1) is 25.2 Å². The Labute approximate surface area is 117 Å². The Bertz CT molecular complexity index is 369. The highest BCUT2D eigenvalue weighted by molar-refractivity contribution is 7.99. The van der Waals surface area contributed by atoms with Crippen LogP contribution in [0.15, 0.2) is 30.3 Å². The van der Waals surface area contributed by atoms with Gasteiger partial charge >= 0.3 is 5.97 Å². The van der Waals surface area contributed by atoms with E-state index in [1.165, 1.54) is 11.8 Å². The Hall–Kier alpha value is -1.04. The molecule has 1 rings (SSSR count). The Morgan fingerprint density at radius 2 is 2.00 bits per heavy atom. The van der Waals surface area contributed by atoms with Crippen molar-refractivity contribution in [3.8, 4) is 0 Å². The molecule has 1 aromatic carbocycles.